The third kappa shape index (κ3) is 4.58. The number of methoxy groups -OCH3 is 2. The number of rotatable bonds is 7. The van der Waals surface area contributed by atoms with Crippen molar-refractivity contribution in [1.29, 1.82) is 5.26 Å². The third-order valence-electron chi connectivity index (χ3n) is 2.40. The fraction of sp³-hybridized carbons (Fsp3) is 0.357. The number of nitriles is 1. The lowest BCUT2D eigenvalue weighted by molar-refractivity contribution is 0.200. The SMILES string of the molecule is COCCNCC=Cc1ccc(OC)c(C#N)c1. The summed E-state index contributed by atoms with van der Waals surface area (Å²) in [7, 11) is 3.24. The molecule has 18 heavy (non-hydrogen) atoms. The zero-order chi connectivity index (χ0) is 13.2. The molecular formula is C14H18N2O2. The van der Waals surface area contributed by atoms with E-state index in [-0.39, 0.29) is 0 Å². The number of ether oxygens (including phenoxy) is 2. The van der Waals surface area contributed by atoms with Gasteiger partial charge in [0.25, 0.3) is 0 Å². The molecular weight excluding hydrogens is 228 g/mol. The van der Waals surface area contributed by atoms with Crippen molar-refractivity contribution in [3.63, 3.8) is 0 Å². The normalized spacial score (nSPS) is 10.5. The van der Waals surface area contributed by atoms with Gasteiger partial charge in [-0.1, -0.05) is 18.2 Å². The maximum Gasteiger partial charge on any atom is 0.136 e. The van der Waals surface area contributed by atoms with Crippen molar-refractivity contribution in [2.75, 3.05) is 33.9 Å². The Morgan fingerprint density at radius 2 is 2.22 bits per heavy atom. The number of benzene rings is 1. The largest absolute Gasteiger partial charge is 0.495 e. The van der Waals surface area contributed by atoms with Crippen molar-refractivity contribution in [2.45, 2.75) is 0 Å². The minimum atomic E-state index is 0.548. The van der Waals surface area contributed by atoms with Gasteiger partial charge in [0.05, 0.1) is 19.3 Å². The van der Waals surface area contributed by atoms with Gasteiger partial charge in [-0.05, 0) is 17.7 Å². The molecule has 0 radical (unpaired) electrons. The summed E-state index contributed by atoms with van der Waals surface area (Å²) in [6, 6.07) is 7.65. The van der Waals surface area contributed by atoms with Crippen LogP contribution in [0.3, 0.4) is 0 Å². The second kappa shape index (κ2) is 8.29. The van der Waals surface area contributed by atoms with Gasteiger partial charge in [-0.3, -0.25) is 0 Å². The molecule has 0 aliphatic rings. The Morgan fingerprint density at radius 1 is 1.39 bits per heavy atom. The van der Waals surface area contributed by atoms with Gasteiger partial charge in [-0.25, -0.2) is 0 Å². The van der Waals surface area contributed by atoms with Crippen LogP contribution in [0, 0.1) is 11.3 Å². The fourth-order valence-corrected chi connectivity index (χ4v) is 1.47. The Hall–Kier alpha value is -1.83. The van der Waals surface area contributed by atoms with Gasteiger partial charge >= 0.3 is 0 Å². The van der Waals surface area contributed by atoms with Gasteiger partial charge in [-0.15, -0.1) is 0 Å². The van der Waals surface area contributed by atoms with Gasteiger partial charge in [0.15, 0.2) is 0 Å². The molecule has 0 aliphatic carbocycles. The van der Waals surface area contributed by atoms with Crippen molar-refractivity contribution in [3.05, 3.63) is 35.4 Å². The molecule has 1 N–H and O–H groups in total. The molecule has 0 unspecified atom stereocenters. The Bertz CT molecular complexity index is 436. The van der Waals surface area contributed by atoms with Crippen molar-refractivity contribution >= 4 is 6.08 Å². The molecule has 0 atom stereocenters. The second-order valence-corrected chi connectivity index (χ2v) is 3.67. The van der Waals surface area contributed by atoms with Gasteiger partial charge in [0, 0.05) is 20.2 Å². The molecule has 0 fully saturated rings. The van der Waals surface area contributed by atoms with E-state index in [1.54, 1.807) is 20.3 Å². The van der Waals surface area contributed by atoms with E-state index in [0.29, 0.717) is 17.9 Å². The molecule has 0 bridgehead atoms. The maximum absolute atomic E-state index is 8.96. The molecule has 0 saturated carbocycles. The molecule has 0 spiro atoms. The smallest absolute Gasteiger partial charge is 0.136 e. The summed E-state index contributed by atoms with van der Waals surface area (Å²) in [5, 5.41) is 12.2. The van der Waals surface area contributed by atoms with E-state index in [2.05, 4.69) is 11.4 Å². The Morgan fingerprint density at radius 3 is 2.89 bits per heavy atom. The molecule has 4 heteroatoms. The lowest BCUT2D eigenvalue weighted by Gasteiger charge is -2.03. The molecule has 0 aliphatic heterocycles. The quantitative estimate of drug-likeness (QED) is 0.746. The first-order chi connectivity index (χ1) is 8.81. The van der Waals surface area contributed by atoms with Crippen LogP contribution in [0.1, 0.15) is 11.1 Å². The van der Waals surface area contributed by atoms with Crippen LogP contribution in [0.15, 0.2) is 24.3 Å². The number of hydrogen-bond donors (Lipinski definition) is 1. The summed E-state index contributed by atoms with van der Waals surface area (Å²) in [4.78, 5) is 0. The van der Waals surface area contributed by atoms with Crippen molar-refractivity contribution in [3.8, 4) is 11.8 Å². The molecule has 0 amide bonds. The zero-order valence-corrected chi connectivity index (χ0v) is 10.8. The standard InChI is InChI=1S/C14H18N2O2/c1-17-9-8-16-7-3-4-12-5-6-14(18-2)13(10-12)11-15/h3-6,10,16H,7-9H2,1-2H3. The summed E-state index contributed by atoms with van der Waals surface area (Å²) in [5.41, 5.74) is 1.54. The molecule has 0 saturated heterocycles. The van der Waals surface area contributed by atoms with E-state index in [1.165, 1.54) is 0 Å². The Labute approximate surface area is 108 Å². The molecule has 96 valence electrons. The number of hydrogen-bond acceptors (Lipinski definition) is 4. The summed E-state index contributed by atoms with van der Waals surface area (Å²) >= 11 is 0. The number of nitrogens with one attached hydrogen (secondary N) is 1. The summed E-state index contributed by atoms with van der Waals surface area (Å²) in [6.45, 7) is 2.30. The zero-order valence-electron chi connectivity index (χ0n) is 10.8. The van der Waals surface area contributed by atoms with Crippen LogP contribution in [0.2, 0.25) is 0 Å². The van der Waals surface area contributed by atoms with Gasteiger partial charge in [0.2, 0.25) is 0 Å². The first-order valence-corrected chi connectivity index (χ1v) is 5.76. The highest BCUT2D eigenvalue weighted by Gasteiger charge is 2.01. The van der Waals surface area contributed by atoms with Crippen LogP contribution in [-0.2, 0) is 4.74 Å². The Kier molecular flexibility index (Phi) is 6.55. The minimum Gasteiger partial charge on any atom is -0.495 e. The Balaban J connectivity index is 2.52. The van der Waals surface area contributed by atoms with Crippen molar-refractivity contribution in [1.82, 2.24) is 5.32 Å². The average molecular weight is 246 g/mol. The van der Waals surface area contributed by atoms with E-state index < -0.39 is 0 Å². The van der Waals surface area contributed by atoms with Crippen molar-refractivity contribution < 1.29 is 9.47 Å². The van der Waals surface area contributed by atoms with Gasteiger partial charge < -0.3 is 14.8 Å². The number of nitrogens with zero attached hydrogens (tertiary/aromatic N) is 1. The highest BCUT2D eigenvalue weighted by atomic mass is 16.5. The molecule has 4 nitrogen and oxygen atoms in total. The first-order valence-electron chi connectivity index (χ1n) is 5.76. The third-order valence-corrected chi connectivity index (χ3v) is 2.40. The van der Waals surface area contributed by atoms with E-state index in [4.69, 9.17) is 14.7 Å². The topological polar surface area (TPSA) is 54.3 Å². The molecule has 0 aromatic heterocycles. The summed E-state index contributed by atoms with van der Waals surface area (Å²) in [5.74, 6) is 0.605. The molecule has 1 aromatic rings. The van der Waals surface area contributed by atoms with Crippen LogP contribution in [0.25, 0.3) is 6.08 Å². The van der Waals surface area contributed by atoms with Crippen LogP contribution >= 0.6 is 0 Å². The molecule has 0 heterocycles. The van der Waals surface area contributed by atoms with Crippen LogP contribution < -0.4 is 10.1 Å². The summed E-state index contributed by atoms with van der Waals surface area (Å²) in [6.07, 6.45) is 3.98. The van der Waals surface area contributed by atoms with Crippen LogP contribution in [0.4, 0.5) is 0 Å². The van der Waals surface area contributed by atoms with Gasteiger partial charge in [0.1, 0.15) is 11.8 Å². The molecule has 1 aromatic carbocycles. The lowest BCUT2D eigenvalue weighted by Crippen LogP contribution is -2.18. The first kappa shape index (κ1) is 14.2. The average Bonchev–Trinajstić information content (AvgIpc) is 2.42. The minimum absolute atomic E-state index is 0.548. The predicted octanol–water partition coefficient (Wildman–Crippen LogP) is 1.82. The van der Waals surface area contributed by atoms with E-state index in [1.807, 2.05) is 24.3 Å². The van der Waals surface area contributed by atoms with Gasteiger partial charge in [-0.2, -0.15) is 5.26 Å². The fourth-order valence-electron chi connectivity index (χ4n) is 1.47. The predicted molar refractivity (Wildman–Crippen MR) is 71.5 cm³/mol. The molecule has 1 rings (SSSR count). The van der Waals surface area contributed by atoms with E-state index in [0.717, 1.165) is 18.7 Å². The highest BCUT2D eigenvalue weighted by molar-refractivity contribution is 5.56. The van der Waals surface area contributed by atoms with Crippen LogP contribution in [0.5, 0.6) is 5.75 Å². The van der Waals surface area contributed by atoms with E-state index in [9.17, 15) is 0 Å². The van der Waals surface area contributed by atoms with Crippen LogP contribution in [-0.4, -0.2) is 33.9 Å². The highest BCUT2D eigenvalue weighted by Crippen LogP contribution is 2.19. The maximum atomic E-state index is 8.96. The van der Waals surface area contributed by atoms with E-state index >= 15 is 0 Å². The summed E-state index contributed by atoms with van der Waals surface area (Å²) < 4.78 is 10.0. The monoisotopic (exact) mass is 246 g/mol. The van der Waals surface area contributed by atoms with Crippen molar-refractivity contribution in [2.24, 2.45) is 0 Å². The lowest BCUT2D eigenvalue weighted by atomic mass is 10.1. The second-order valence-electron chi connectivity index (χ2n) is 3.67.